The Bertz CT molecular complexity index is 777. The highest BCUT2D eigenvalue weighted by Gasteiger charge is 2.17. The van der Waals surface area contributed by atoms with E-state index in [0.29, 0.717) is 18.1 Å². The van der Waals surface area contributed by atoms with Gasteiger partial charge in [-0.15, -0.1) is 0 Å². The Balaban J connectivity index is 2.01. The summed E-state index contributed by atoms with van der Waals surface area (Å²) in [6, 6.07) is 1.98. The minimum absolute atomic E-state index is 0.0322. The second-order valence-electron chi connectivity index (χ2n) is 5.09. The minimum Gasteiger partial charge on any atom is -0.381 e. The molecule has 7 nitrogen and oxygen atoms in total. The van der Waals surface area contributed by atoms with E-state index >= 15 is 0 Å². The topological polar surface area (TPSA) is 78.3 Å². The summed E-state index contributed by atoms with van der Waals surface area (Å²) in [6.45, 7) is 5.89. The van der Waals surface area contributed by atoms with Crippen LogP contribution in [-0.4, -0.2) is 38.0 Å². The molecule has 21 heavy (non-hydrogen) atoms. The first-order valence-electron chi connectivity index (χ1n) is 6.76. The Kier molecular flexibility index (Phi) is 3.42. The summed E-state index contributed by atoms with van der Waals surface area (Å²) < 4.78 is 12.2. The Morgan fingerprint density at radius 3 is 2.90 bits per heavy atom. The maximum absolute atomic E-state index is 5.26. The average molecular weight is 287 g/mol. The lowest BCUT2D eigenvalue weighted by atomic mass is 10.3. The zero-order valence-corrected chi connectivity index (χ0v) is 12.5. The third-order valence-corrected chi connectivity index (χ3v) is 3.35. The normalized spacial score (nSPS) is 13.0. The zero-order valence-electron chi connectivity index (χ0n) is 12.5. The first-order chi connectivity index (χ1) is 10.1. The van der Waals surface area contributed by atoms with E-state index in [1.165, 1.54) is 0 Å². The van der Waals surface area contributed by atoms with Gasteiger partial charge >= 0.3 is 0 Å². The van der Waals surface area contributed by atoms with Gasteiger partial charge in [0, 0.05) is 18.5 Å². The molecular weight excluding hydrogens is 270 g/mol. The third-order valence-electron chi connectivity index (χ3n) is 3.35. The SMILES string of the molecule is COC(C)Cc1nc(-c2cnn3c(C)cc(C)nc23)no1. The molecule has 0 saturated heterocycles. The summed E-state index contributed by atoms with van der Waals surface area (Å²) in [5.41, 5.74) is 3.44. The summed E-state index contributed by atoms with van der Waals surface area (Å²) in [6.07, 6.45) is 2.32. The van der Waals surface area contributed by atoms with Crippen LogP contribution in [0.25, 0.3) is 17.0 Å². The Labute approximate surface area is 122 Å². The van der Waals surface area contributed by atoms with Gasteiger partial charge in [0.25, 0.3) is 0 Å². The molecule has 0 aliphatic heterocycles. The van der Waals surface area contributed by atoms with Crippen molar-refractivity contribution in [2.24, 2.45) is 0 Å². The molecule has 0 fully saturated rings. The van der Waals surface area contributed by atoms with Crippen LogP contribution in [0.3, 0.4) is 0 Å². The van der Waals surface area contributed by atoms with Crippen LogP contribution in [0.2, 0.25) is 0 Å². The first kappa shape index (κ1) is 13.7. The molecule has 0 radical (unpaired) electrons. The van der Waals surface area contributed by atoms with E-state index in [1.54, 1.807) is 17.8 Å². The molecule has 0 aromatic carbocycles. The molecule has 1 atom stereocenters. The number of methoxy groups -OCH3 is 1. The van der Waals surface area contributed by atoms with Crippen molar-refractivity contribution in [1.29, 1.82) is 0 Å². The molecule has 0 bridgehead atoms. The van der Waals surface area contributed by atoms with Crippen molar-refractivity contribution in [3.8, 4) is 11.4 Å². The van der Waals surface area contributed by atoms with E-state index in [-0.39, 0.29) is 6.10 Å². The molecule has 7 heteroatoms. The van der Waals surface area contributed by atoms with E-state index in [0.717, 1.165) is 22.6 Å². The monoisotopic (exact) mass is 287 g/mol. The molecule has 3 heterocycles. The molecule has 0 aliphatic rings. The van der Waals surface area contributed by atoms with E-state index in [2.05, 4.69) is 20.2 Å². The van der Waals surface area contributed by atoms with Gasteiger partial charge in [-0.05, 0) is 26.8 Å². The van der Waals surface area contributed by atoms with Crippen molar-refractivity contribution < 1.29 is 9.26 Å². The van der Waals surface area contributed by atoms with Gasteiger partial charge in [-0.2, -0.15) is 10.1 Å². The van der Waals surface area contributed by atoms with Gasteiger partial charge in [0.15, 0.2) is 5.65 Å². The molecule has 3 aromatic heterocycles. The highest BCUT2D eigenvalue weighted by Crippen LogP contribution is 2.22. The molecule has 1 unspecified atom stereocenters. The molecule has 0 aliphatic carbocycles. The van der Waals surface area contributed by atoms with Crippen LogP contribution in [0.4, 0.5) is 0 Å². The van der Waals surface area contributed by atoms with Crippen LogP contribution in [0, 0.1) is 13.8 Å². The maximum Gasteiger partial charge on any atom is 0.229 e. The summed E-state index contributed by atoms with van der Waals surface area (Å²) in [4.78, 5) is 8.91. The molecule has 3 aromatic rings. The number of hydrogen-bond acceptors (Lipinski definition) is 6. The van der Waals surface area contributed by atoms with Crippen LogP contribution in [0.5, 0.6) is 0 Å². The number of aromatic nitrogens is 5. The summed E-state index contributed by atoms with van der Waals surface area (Å²) in [5.74, 6) is 1.05. The van der Waals surface area contributed by atoms with Gasteiger partial charge in [0.05, 0.1) is 24.3 Å². The Morgan fingerprint density at radius 2 is 2.14 bits per heavy atom. The predicted molar refractivity (Wildman–Crippen MR) is 75.9 cm³/mol. The molecule has 0 amide bonds. The highest BCUT2D eigenvalue weighted by molar-refractivity contribution is 5.72. The van der Waals surface area contributed by atoms with E-state index in [4.69, 9.17) is 9.26 Å². The molecule has 0 saturated carbocycles. The molecule has 0 N–H and O–H groups in total. The minimum atomic E-state index is 0.0322. The van der Waals surface area contributed by atoms with Crippen LogP contribution in [0.15, 0.2) is 16.8 Å². The predicted octanol–water partition coefficient (Wildman–Crippen LogP) is 1.97. The van der Waals surface area contributed by atoms with Crippen LogP contribution in [-0.2, 0) is 11.2 Å². The number of ether oxygens (including phenoxy) is 1. The Hall–Kier alpha value is -2.28. The summed E-state index contributed by atoms with van der Waals surface area (Å²) >= 11 is 0. The second kappa shape index (κ2) is 5.25. The fourth-order valence-corrected chi connectivity index (χ4v) is 2.20. The van der Waals surface area contributed by atoms with Crippen LogP contribution >= 0.6 is 0 Å². The maximum atomic E-state index is 5.26. The van der Waals surface area contributed by atoms with E-state index in [9.17, 15) is 0 Å². The second-order valence-corrected chi connectivity index (χ2v) is 5.09. The van der Waals surface area contributed by atoms with Crippen molar-refractivity contribution >= 4 is 5.65 Å². The standard InChI is InChI=1S/C14H17N5O2/c1-8-5-9(2)19-14(16-8)11(7-15-19)13-17-12(21-18-13)6-10(3)20-4/h5,7,10H,6H2,1-4H3. The van der Waals surface area contributed by atoms with Crippen LogP contribution in [0.1, 0.15) is 24.2 Å². The third kappa shape index (κ3) is 2.52. The van der Waals surface area contributed by atoms with Crippen molar-refractivity contribution in [3.63, 3.8) is 0 Å². The highest BCUT2D eigenvalue weighted by atomic mass is 16.5. The van der Waals surface area contributed by atoms with Gasteiger partial charge in [-0.3, -0.25) is 0 Å². The smallest absolute Gasteiger partial charge is 0.229 e. The van der Waals surface area contributed by atoms with Gasteiger partial charge in [-0.25, -0.2) is 9.50 Å². The van der Waals surface area contributed by atoms with Gasteiger partial charge in [0.2, 0.25) is 11.7 Å². The summed E-state index contributed by atoms with van der Waals surface area (Å²) in [5, 5.41) is 8.35. The number of fused-ring (bicyclic) bond motifs is 1. The van der Waals surface area contributed by atoms with Gasteiger partial charge in [0.1, 0.15) is 0 Å². The largest absolute Gasteiger partial charge is 0.381 e. The molecule has 3 rings (SSSR count). The van der Waals surface area contributed by atoms with Gasteiger partial charge in [-0.1, -0.05) is 5.16 Å². The van der Waals surface area contributed by atoms with E-state index < -0.39 is 0 Å². The fraction of sp³-hybridized carbons (Fsp3) is 0.429. The lowest BCUT2D eigenvalue weighted by molar-refractivity contribution is 0.111. The van der Waals surface area contributed by atoms with Gasteiger partial charge < -0.3 is 9.26 Å². The van der Waals surface area contributed by atoms with Crippen molar-refractivity contribution in [2.75, 3.05) is 7.11 Å². The zero-order chi connectivity index (χ0) is 15.0. The van der Waals surface area contributed by atoms with E-state index in [1.807, 2.05) is 26.8 Å². The fourth-order valence-electron chi connectivity index (χ4n) is 2.20. The number of hydrogen-bond donors (Lipinski definition) is 0. The van der Waals surface area contributed by atoms with Crippen molar-refractivity contribution in [2.45, 2.75) is 33.3 Å². The lowest BCUT2D eigenvalue weighted by Gasteiger charge is -2.03. The number of rotatable bonds is 4. The molecule has 110 valence electrons. The molecular formula is C14H17N5O2. The quantitative estimate of drug-likeness (QED) is 0.730. The number of nitrogens with zero attached hydrogens (tertiary/aromatic N) is 5. The first-order valence-corrected chi connectivity index (χ1v) is 6.76. The summed E-state index contributed by atoms with van der Waals surface area (Å²) in [7, 11) is 1.66. The van der Waals surface area contributed by atoms with Crippen LogP contribution < -0.4 is 0 Å². The number of aryl methyl sites for hydroxylation is 2. The average Bonchev–Trinajstić information content (AvgIpc) is 3.04. The Morgan fingerprint density at radius 1 is 1.33 bits per heavy atom. The lowest BCUT2D eigenvalue weighted by Crippen LogP contribution is -2.08. The van der Waals surface area contributed by atoms with Crippen molar-refractivity contribution in [3.05, 3.63) is 29.5 Å². The van der Waals surface area contributed by atoms with Crippen molar-refractivity contribution in [1.82, 2.24) is 24.7 Å². The molecule has 0 spiro atoms.